The third kappa shape index (κ3) is 5.52. The number of aromatic hydroxyl groups is 2. The highest BCUT2D eigenvalue weighted by Crippen LogP contribution is 2.43. The number of likely N-dealkylation sites (tertiary alicyclic amines) is 1. The average Bonchev–Trinajstić information content (AvgIpc) is 2.83. The minimum atomic E-state index is -0.546. The van der Waals surface area contributed by atoms with Crippen LogP contribution in [-0.2, 0) is 9.53 Å². The minimum absolute atomic E-state index is 0.0258. The molecule has 0 saturated carbocycles. The van der Waals surface area contributed by atoms with Crippen LogP contribution in [0.25, 0.3) is 22.3 Å². The zero-order valence-corrected chi connectivity index (χ0v) is 21.4. The van der Waals surface area contributed by atoms with E-state index in [0.717, 1.165) is 31.7 Å². The third-order valence-corrected chi connectivity index (χ3v) is 7.12. The van der Waals surface area contributed by atoms with Gasteiger partial charge in [0.25, 0.3) is 0 Å². The van der Waals surface area contributed by atoms with Crippen molar-refractivity contribution in [3.05, 3.63) is 57.2 Å². The van der Waals surface area contributed by atoms with E-state index in [1.807, 2.05) is 7.05 Å². The molecule has 36 heavy (non-hydrogen) atoms. The van der Waals surface area contributed by atoms with Crippen molar-refractivity contribution < 1.29 is 24.2 Å². The van der Waals surface area contributed by atoms with Crippen molar-refractivity contribution in [1.29, 1.82) is 0 Å². The maximum absolute atomic E-state index is 13.1. The van der Waals surface area contributed by atoms with Crippen LogP contribution in [0.4, 0.5) is 0 Å². The van der Waals surface area contributed by atoms with Gasteiger partial charge in [0.2, 0.25) is 0 Å². The van der Waals surface area contributed by atoms with E-state index in [2.05, 4.69) is 11.8 Å². The second-order valence-electron chi connectivity index (χ2n) is 9.48. The summed E-state index contributed by atoms with van der Waals surface area (Å²) < 4.78 is 12.1. The van der Waals surface area contributed by atoms with Crippen LogP contribution in [-0.4, -0.2) is 47.3 Å². The smallest absolute Gasteiger partial charge is 0.306 e. The number of unbranched alkanes of at least 4 members (excludes halogenated alkanes) is 3. The first-order chi connectivity index (χ1) is 17.3. The van der Waals surface area contributed by atoms with Crippen LogP contribution in [0.5, 0.6) is 11.5 Å². The molecule has 4 rings (SSSR count). The zero-order valence-electron chi connectivity index (χ0n) is 20.6. The molecule has 8 heteroatoms. The van der Waals surface area contributed by atoms with E-state index in [1.165, 1.54) is 6.07 Å². The number of hydrogen-bond donors (Lipinski definition) is 2. The number of fused-ring (bicyclic) bond motifs is 1. The van der Waals surface area contributed by atoms with Crippen LogP contribution in [0.1, 0.15) is 56.9 Å². The Morgan fingerprint density at radius 2 is 1.94 bits per heavy atom. The molecule has 0 radical (unpaired) electrons. The van der Waals surface area contributed by atoms with Crippen LogP contribution in [0.2, 0.25) is 5.02 Å². The Morgan fingerprint density at radius 3 is 2.69 bits per heavy atom. The van der Waals surface area contributed by atoms with Gasteiger partial charge in [-0.3, -0.25) is 9.59 Å². The van der Waals surface area contributed by atoms with Crippen LogP contribution in [0, 0.1) is 0 Å². The van der Waals surface area contributed by atoms with Crippen molar-refractivity contribution in [3.63, 3.8) is 0 Å². The molecule has 192 valence electrons. The van der Waals surface area contributed by atoms with Crippen LogP contribution in [0.15, 0.2) is 45.6 Å². The van der Waals surface area contributed by atoms with Crippen molar-refractivity contribution in [2.45, 2.75) is 57.5 Å². The van der Waals surface area contributed by atoms with Gasteiger partial charge in [-0.05, 0) is 38.6 Å². The number of rotatable bonds is 8. The second kappa shape index (κ2) is 11.4. The van der Waals surface area contributed by atoms with Gasteiger partial charge in [0.05, 0.1) is 5.02 Å². The summed E-state index contributed by atoms with van der Waals surface area (Å²) in [6.45, 7) is 3.29. The van der Waals surface area contributed by atoms with Crippen molar-refractivity contribution in [2.24, 2.45) is 0 Å². The lowest BCUT2D eigenvalue weighted by atomic mass is 9.85. The number of phenols is 2. The van der Waals surface area contributed by atoms with Crippen molar-refractivity contribution in [3.8, 4) is 22.8 Å². The fraction of sp³-hybridized carbons (Fsp3) is 0.429. The second-order valence-corrected chi connectivity index (χ2v) is 9.89. The first-order valence-corrected chi connectivity index (χ1v) is 12.8. The number of ether oxygens (including phenoxy) is 1. The van der Waals surface area contributed by atoms with Gasteiger partial charge in [0.15, 0.2) is 5.43 Å². The molecule has 3 aromatic rings. The number of phenolic OH excluding ortho intramolecular Hbond substituents is 2. The predicted octanol–water partition coefficient (Wildman–Crippen LogP) is 5.83. The van der Waals surface area contributed by atoms with Crippen molar-refractivity contribution in [1.82, 2.24) is 4.90 Å². The number of esters is 1. The third-order valence-electron chi connectivity index (χ3n) is 6.79. The number of piperidine rings is 1. The number of carbonyl (C=O) groups is 1. The monoisotopic (exact) mass is 513 g/mol. The number of nitrogens with zero attached hydrogens (tertiary/aromatic N) is 1. The van der Waals surface area contributed by atoms with Gasteiger partial charge in [-0.1, -0.05) is 49.9 Å². The predicted molar refractivity (Wildman–Crippen MR) is 140 cm³/mol. The molecule has 1 aliphatic rings. The first-order valence-electron chi connectivity index (χ1n) is 12.5. The molecule has 2 N–H and O–H groups in total. The zero-order chi connectivity index (χ0) is 25.8. The van der Waals surface area contributed by atoms with Gasteiger partial charge < -0.3 is 24.3 Å². The Hall–Kier alpha value is -3.03. The highest BCUT2D eigenvalue weighted by molar-refractivity contribution is 6.33. The SMILES string of the molecule is CCCCCCC(=O)OC1CN(C)CCC1c1c(O)cc(O)c2c(=O)cc(-c3ccccc3Cl)oc12. The number of carbonyl (C=O) groups excluding carboxylic acids is 1. The Kier molecular flexibility index (Phi) is 8.21. The molecule has 2 atom stereocenters. The lowest BCUT2D eigenvalue weighted by Gasteiger charge is -2.36. The van der Waals surface area contributed by atoms with Gasteiger partial charge in [-0.2, -0.15) is 0 Å². The number of hydrogen-bond acceptors (Lipinski definition) is 7. The highest BCUT2D eigenvalue weighted by atomic mass is 35.5. The molecule has 1 aromatic heterocycles. The molecule has 0 amide bonds. The Balaban J connectivity index is 1.77. The quantitative estimate of drug-likeness (QED) is 0.289. The van der Waals surface area contributed by atoms with E-state index >= 15 is 0 Å². The van der Waals surface area contributed by atoms with Gasteiger partial charge in [-0.25, -0.2) is 0 Å². The molecule has 2 aromatic carbocycles. The maximum atomic E-state index is 13.1. The Bertz CT molecular complexity index is 1300. The van der Waals surface area contributed by atoms with E-state index in [9.17, 15) is 19.8 Å². The standard InChI is InChI=1S/C28H32ClNO6/c1-3-4-5-6-11-25(34)35-24-16-30(2)13-12-18(24)26-20(31)14-21(32)27-22(33)15-23(36-28(26)27)17-9-7-8-10-19(17)29/h7-10,14-15,18,24,31-32H,3-6,11-13,16H2,1-2H3. The molecule has 2 unspecified atom stereocenters. The van der Waals surface area contributed by atoms with Gasteiger partial charge >= 0.3 is 5.97 Å². The molecule has 1 fully saturated rings. The summed E-state index contributed by atoms with van der Waals surface area (Å²) in [6.07, 6.45) is 4.25. The molecular weight excluding hydrogens is 482 g/mol. The molecule has 0 aliphatic carbocycles. The maximum Gasteiger partial charge on any atom is 0.306 e. The summed E-state index contributed by atoms with van der Waals surface area (Å²) in [6, 6.07) is 9.41. The van der Waals surface area contributed by atoms with E-state index in [0.29, 0.717) is 42.1 Å². The van der Waals surface area contributed by atoms with Crippen LogP contribution in [0.3, 0.4) is 0 Å². The summed E-state index contributed by atoms with van der Waals surface area (Å²) in [5.41, 5.74) is 0.492. The van der Waals surface area contributed by atoms with E-state index in [-0.39, 0.29) is 34.2 Å². The normalized spacial score (nSPS) is 18.4. The van der Waals surface area contributed by atoms with Gasteiger partial charge in [0.1, 0.15) is 34.3 Å². The highest BCUT2D eigenvalue weighted by Gasteiger charge is 2.36. The van der Waals surface area contributed by atoms with E-state index in [4.69, 9.17) is 20.8 Å². The summed E-state index contributed by atoms with van der Waals surface area (Å²) in [5, 5.41) is 21.9. The minimum Gasteiger partial charge on any atom is -0.507 e. The average molecular weight is 514 g/mol. The first kappa shape index (κ1) is 26.0. The van der Waals surface area contributed by atoms with Crippen molar-refractivity contribution in [2.75, 3.05) is 20.1 Å². The largest absolute Gasteiger partial charge is 0.507 e. The van der Waals surface area contributed by atoms with E-state index < -0.39 is 17.5 Å². The Labute approximate surface area is 215 Å². The molecule has 0 bridgehead atoms. The van der Waals surface area contributed by atoms with Crippen molar-refractivity contribution >= 4 is 28.5 Å². The summed E-state index contributed by atoms with van der Waals surface area (Å²) in [7, 11) is 1.95. The molecule has 1 aliphatic heterocycles. The number of halogens is 1. The lowest BCUT2D eigenvalue weighted by Crippen LogP contribution is -2.43. The molecule has 7 nitrogen and oxygen atoms in total. The Morgan fingerprint density at radius 1 is 1.17 bits per heavy atom. The molecule has 2 heterocycles. The lowest BCUT2D eigenvalue weighted by molar-refractivity contribution is -0.152. The van der Waals surface area contributed by atoms with E-state index in [1.54, 1.807) is 24.3 Å². The topological polar surface area (TPSA) is 100 Å². The molecule has 0 spiro atoms. The van der Waals surface area contributed by atoms with Gasteiger partial charge in [-0.15, -0.1) is 0 Å². The fourth-order valence-corrected chi connectivity index (χ4v) is 5.15. The molecular formula is C28H32ClNO6. The van der Waals surface area contributed by atoms with Gasteiger partial charge in [0, 0.05) is 42.1 Å². The van der Waals surface area contributed by atoms with Crippen LogP contribution < -0.4 is 5.43 Å². The summed E-state index contributed by atoms with van der Waals surface area (Å²) in [5.74, 6) is -1.06. The summed E-state index contributed by atoms with van der Waals surface area (Å²) >= 11 is 6.35. The molecule has 1 saturated heterocycles. The number of likely N-dealkylation sites (N-methyl/N-ethyl adjacent to an activating group) is 1. The van der Waals surface area contributed by atoms with Crippen LogP contribution >= 0.6 is 11.6 Å². The fourth-order valence-electron chi connectivity index (χ4n) is 4.92. The number of benzene rings is 2. The summed E-state index contributed by atoms with van der Waals surface area (Å²) in [4.78, 5) is 27.8.